The van der Waals surface area contributed by atoms with E-state index in [4.69, 9.17) is 0 Å². The van der Waals surface area contributed by atoms with Crippen LogP contribution in [0.5, 0.6) is 0 Å². The summed E-state index contributed by atoms with van der Waals surface area (Å²) in [6.45, 7) is 7.65. The lowest BCUT2D eigenvalue weighted by molar-refractivity contribution is -0.125. The van der Waals surface area contributed by atoms with Crippen molar-refractivity contribution < 1.29 is 23.9 Å². The molecule has 1 aromatic carbocycles. The van der Waals surface area contributed by atoms with Gasteiger partial charge in [0.15, 0.2) is 0 Å². The molecule has 0 radical (unpaired) electrons. The van der Waals surface area contributed by atoms with E-state index in [1.54, 1.807) is 17.0 Å². The largest absolute Gasteiger partial charge is 0.465 e. The molecule has 3 aromatic rings. The molecule has 0 spiro atoms. The van der Waals surface area contributed by atoms with Crippen LogP contribution in [0.2, 0.25) is 0 Å². The number of nitrogens with zero attached hydrogens (tertiary/aromatic N) is 3. The summed E-state index contributed by atoms with van der Waals surface area (Å²) in [6, 6.07) is 4.71. The number of aromatic nitrogens is 3. The highest BCUT2D eigenvalue weighted by Gasteiger charge is 2.22. The Labute approximate surface area is 242 Å². The van der Waals surface area contributed by atoms with Gasteiger partial charge in [-0.25, -0.2) is 14.2 Å². The minimum absolute atomic E-state index is 0.0324. The van der Waals surface area contributed by atoms with E-state index >= 15 is 0 Å². The summed E-state index contributed by atoms with van der Waals surface area (Å²) in [4.78, 5) is 59.1. The van der Waals surface area contributed by atoms with Crippen LogP contribution < -0.4 is 16.2 Å². The Hall–Kier alpha value is -4.48. The maximum Gasteiger partial charge on any atom is 0.405 e. The molecule has 2 aromatic heterocycles. The first-order valence-electron chi connectivity index (χ1n) is 14.0. The predicted octanol–water partition coefficient (Wildman–Crippen LogP) is 4.03. The minimum atomic E-state index is -1.38. The number of likely N-dealkylation sites (tertiary alicyclic amines) is 1. The molecule has 1 fully saturated rings. The first-order valence-corrected chi connectivity index (χ1v) is 14.0. The number of halogens is 1. The monoisotopic (exact) mass is 580 g/mol. The van der Waals surface area contributed by atoms with Crippen LogP contribution in [0.3, 0.4) is 0 Å². The average Bonchev–Trinajstić information content (AvgIpc) is 3.57. The molecule has 0 aliphatic carbocycles. The Kier molecular flexibility index (Phi) is 9.44. The van der Waals surface area contributed by atoms with Crippen molar-refractivity contribution in [2.45, 2.75) is 65.5 Å². The highest BCUT2D eigenvalue weighted by Crippen LogP contribution is 2.27. The van der Waals surface area contributed by atoms with Crippen molar-refractivity contribution in [3.63, 3.8) is 0 Å². The summed E-state index contributed by atoms with van der Waals surface area (Å²) in [5.41, 5.74) is 1.30. The predicted molar refractivity (Wildman–Crippen MR) is 157 cm³/mol. The highest BCUT2D eigenvalue weighted by molar-refractivity contribution is 5.96. The lowest BCUT2D eigenvalue weighted by Crippen LogP contribution is -2.44. The molecule has 4 rings (SSSR count). The molecule has 4 N–H and O–H groups in total. The third-order valence-electron chi connectivity index (χ3n) is 6.91. The first kappa shape index (κ1) is 30.5. The van der Waals surface area contributed by atoms with Gasteiger partial charge in [0.25, 0.3) is 5.56 Å². The van der Waals surface area contributed by atoms with Gasteiger partial charge in [-0.05, 0) is 73.4 Å². The zero-order valence-electron chi connectivity index (χ0n) is 24.1. The summed E-state index contributed by atoms with van der Waals surface area (Å²) in [7, 11) is 0. The summed E-state index contributed by atoms with van der Waals surface area (Å²) in [6.07, 6.45) is 6.15. The van der Waals surface area contributed by atoms with Crippen molar-refractivity contribution in [1.82, 2.24) is 24.8 Å². The molecule has 1 saturated heterocycles. The normalized spacial score (nSPS) is 14.4. The van der Waals surface area contributed by atoms with Gasteiger partial charge in [0.05, 0.1) is 17.6 Å². The van der Waals surface area contributed by atoms with E-state index in [1.807, 2.05) is 0 Å². The number of benzene rings is 1. The van der Waals surface area contributed by atoms with Crippen molar-refractivity contribution >= 4 is 34.6 Å². The van der Waals surface area contributed by atoms with Crippen molar-refractivity contribution in [2.24, 2.45) is 5.41 Å². The SMILES string of the molecule is CC(C)(C)Cc1cc(F)cc2[nH]c(Cn3cccc(NC(=O)C(CCC=CC(=O)N4CCCC4)NC(=O)O)c3=O)nc12. The zero-order chi connectivity index (χ0) is 30.4. The van der Waals surface area contributed by atoms with Gasteiger partial charge >= 0.3 is 6.09 Å². The molecule has 224 valence electrons. The number of fused-ring (bicyclic) bond motifs is 1. The number of anilines is 1. The molecule has 1 aliphatic heterocycles. The van der Waals surface area contributed by atoms with E-state index in [-0.39, 0.29) is 42.2 Å². The number of rotatable bonds is 10. The standard InChI is InChI=1S/C30H37FN6O5/c1-30(2,3)17-19-15-20(31)16-23-26(19)35-24(32-23)18-37-14-8-10-22(28(37)40)33-27(39)21(34-29(41)42)9-4-5-11-25(38)36-12-6-7-13-36/h5,8,10-11,14-16,21,34H,4,6-7,9,12-13,17-18H2,1-3H3,(H,32,35)(H,33,39)(H,41,42). The molecular formula is C30H37FN6O5. The third-order valence-corrected chi connectivity index (χ3v) is 6.91. The lowest BCUT2D eigenvalue weighted by atomic mass is 9.87. The zero-order valence-corrected chi connectivity index (χ0v) is 24.1. The number of carbonyl (C=O) groups is 3. The number of nitrogens with one attached hydrogen (secondary N) is 3. The summed E-state index contributed by atoms with van der Waals surface area (Å²) in [5.74, 6) is -0.740. The van der Waals surface area contributed by atoms with Crippen LogP contribution in [0, 0.1) is 11.2 Å². The van der Waals surface area contributed by atoms with Crippen molar-refractivity contribution in [1.29, 1.82) is 0 Å². The Morgan fingerprint density at radius 3 is 2.64 bits per heavy atom. The summed E-state index contributed by atoms with van der Waals surface area (Å²) in [5, 5.41) is 13.9. The Balaban J connectivity index is 1.45. The minimum Gasteiger partial charge on any atom is -0.465 e. The van der Waals surface area contributed by atoms with Crippen molar-refractivity contribution in [3.05, 3.63) is 70.2 Å². The molecule has 42 heavy (non-hydrogen) atoms. The van der Waals surface area contributed by atoms with Gasteiger partial charge in [0.2, 0.25) is 11.8 Å². The highest BCUT2D eigenvalue weighted by atomic mass is 19.1. The number of carboxylic acid groups (broad SMARTS) is 1. The summed E-state index contributed by atoms with van der Waals surface area (Å²) >= 11 is 0. The Morgan fingerprint density at radius 2 is 1.95 bits per heavy atom. The van der Waals surface area contributed by atoms with Gasteiger partial charge in [0.1, 0.15) is 23.4 Å². The van der Waals surface area contributed by atoms with Gasteiger partial charge in [-0.3, -0.25) is 14.4 Å². The van der Waals surface area contributed by atoms with Crippen LogP contribution in [0.25, 0.3) is 11.0 Å². The fourth-order valence-electron chi connectivity index (χ4n) is 5.03. The number of allylic oxidation sites excluding steroid dienone is 1. The topological polar surface area (TPSA) is 149 Å². The molecule has 1 atom stereocenters. The molecule has 1 aliphatic rings. The fourth-order valence-corrected chi connectivity index (χ4v) is 5.03. The maximum atomic E-state index is 14.3. The smallest absolute Gasteiger partial charge is 0.405 e. The molecule has 0 saturated carbocycles. The first-order chi connectivity index (χ1) is 19.9. The Morgan fingerprint density at radius 1 is 1.21 bits per heavy atom. The van der Waals surface area contributed by atoms with Crippen LogP contribution in [-0.4, -0.2) is 61.6 Å². The van der Waals surface area contributed by atoms with E-state index in [2.05, 4.69) is 41.4 Å². The number of carbonyl (C=O) groups excluding carboxylic acids is 2. The number of H-pyrrole nitrogens is 1. The molecule has 3 amide bonds. The van der Waals surface area contributed by atoms with E-state index in [0.717, 1.165) is 31.5 Å². The average molecular weight is 581 g/mol. The molecule has 1 unspecified atom stereocenters. The maximum absolute atomic E-state index is 14.3. The van der Waals surface area contributed by atoms with E-state index in [9.17, 15) is 28.7 Å². The molecule has 0 bridgehead atoms. The van der Waals surface area contributed by atoms with E-state index in [1.165, 1.54) is 35.0 Å². The number of aromatic amines is 1. The lowest BCUT2D eigenvalue weighted by Gasteiger charge is -2.18. The van der Waals surface area contributed by atoms with Crippen LogP contribution in [0.4, 0.5) is 14.9 Å². The molecule has 12 heteroatoms. The molecule has 11 nitrogen and oxygen atoms in total. The van der Waals surface area contributed by atoms with E-state index in [0.29, 0.717) is 23.3 Å². The fraction of sp³-hybridized carbons (Fsp3) is 0.433. The van der Waals surface area contributed by atoms with Crippen LogP contribution in [0.1, 0.15) is 57.8 Å². The van der Waals surface area contributed by atoms with Gasteiger partial charge < -0.3 is 30.2 Å². The number of amides is 3. The second-order valence-electron chi connectivity index (χ2n) is 11.7. The number of hydrogen-bond donors (Lipinski definition) is 4. The number of pyridine rings is 1. The van der Waals surface area contributed by atoms with Gasteiger partial charge in [-0.2, -0.15) is 0 Å². The van der Waals surface area contributed by atoms with E-state index < -0.39 is 23.6 Å². The van der Waals surface area contributed by atoms with Crippen molar-refractivity contribution in [2.75, 3.05) is 18.4 Å². The second kappa shape index (κ2) is 13.0. The van der Waals surface area contributed by atoms with Crippen LogP contribution in [-0.2, 0) is 22.6 Å². The van der Waals surface area contributed by atoms with Crippen LogP contribution >= 0.6 is 0 Å². The number of imidazole rings is 1. The van der Waals surface area contributed by atoms with Crippen LogP contribution in [0.15, 0.2) is 47.4 Å². The third kappa shape index (κ3) is 8.05. The molecular weight excluding hydrogens is 543 g/mol. The van der Waals surface area contributed by atoms with Gasteiger partial charge in [0, 0.05) is 19.3 Å². The Bertz CT molecular complexity index is 1550. The molecule has 3 heterocycles. The number of hydrogen-bond acceptors (Lipinski definition) is 5. The van der Waals surface area contributed by atoms with Gasteiger partial charge in [-0.1, -0.05) is 26.8 Å². The quantitative estimate of drug-likeness (QED) is 0.266. The second-order valence-corrected chi connectivity index (χ2v) is 11.7. The van der Waals surface area contributed by atoms with Gasteiger partial charge in [-0.15, -0.1) is 0 Å². The summed E-state index contributed by atoms with van der Waals surface area (Å²) < 4.78 is 15.6. The van der Waals surface area contributed by atoms with Crippen molar-refractivity contribution in [3.8, 4) is 0 Å².